The van der Waals surface area contributed by atoms with Crippen molar-refractivity contribution in [3.8, 4) is 0 Å². The van der Waals surface area contributed by atoms with Crippen molar-refractivity contribution in [2.45, 2.75) is 19.3 Å². The molecule has 1 saturated heterocycles. The molecule has 2 heterocycles. The van der Waals surface area contributed by atoms with Crippen molar-refractivity contribution < 1.29 is 9.59 Å². The Bertz CT molecular complexity index is 863. The predicted octanol–water partition coefficient (Wildman–Crippen LogP) is 1.39. The van der Waals surface area contributed by atoms with Crippen LogP contribution in [0.4, 0.5) is 5.69 Å². The molecule has 0 saturated carbocycles. The Morgan fingerprint density at radius 3 is 2.74 bits per heavy atom. The third-order valence-corrected chi connectivity index (χ3v) is 4.87. The number of carbonyl (C=O) groups is 2. The summed E-state index contributed by atoms with van der Waals surface area (Å²) in [5, 5.41) is 6.97. The number of Topliss-reactive ketones (excluding diaryl/α,β-unsaturated/α-hetero) is 1. The SMILES string of the molecule is Cn1ncc(N2CC[C@H](CNC(=O)CCC(=O)c3ccccc3)C2)cc1=O. The molecule has 3 rings (SSSR count). The van der Waals surface area contributed by atoms with Crippen LogP contribution in [-0.2, 0) is 11.8 Å². The molecular formula is C20H24N4O3. The fourth-order valence-corrected chi connectivity index (χ4v) is 3.21. The van der Waals surface area contributed by atoms with Gasteiger partial charge in [0.1, 0.15) is 0 Å². The summed E-state index contributed by atoms with van der Waals surface area (Å²) in [6.07, 6.45) is 3.05. The number of aromatic nitrogens is 2. The lowest BCUT2D eigenvalue weighted by Gasteiger charge is -2.18. The molecular weight excluding hydrogens is 344 g/mol. The van der Waals surface area contributed by atoms with Gasteiger partial charge in [-0.25, -0.2) is 4.68 Å². The topological polar surface area (TPSA) is 84.3 Å². The average molecular weight is 368 g/mol. The number of rotatable bonds is 7. The summed E-state index contributed by atoms with van der Waals surface area (Å²) >= 11 is 0. The number of aryl methyl sites for hydroxylation is 1. The number of hydrogen-bond donors (Lipinski definition) is 1. The van der Waals surface area contributed by atoms with Crippen molar-refractivity contribution >= 4 is 17.4 Å². The highest BCUT2D eigenvalue weighted by atomic mass is 16.2. The third kappa shape index (κ3) is 5.03. The van der Waals surface area contributed by atoms with Crippen molar-refractivity contribution in [2.75, 3.05) is 24.5 Å². The van der Waals surface area contributed by atoms with Crippen LogP contribution in [0, 0.1) is 5.92 Å². The molecule has 1 atom stereocenters. The van der Waals surface area contributed by atoms with E-state index in [0.29, 0.717) is 18.0 Å². The lowest BCUT2D eigenvalue weighted by molar-refractivity contribution is -0.121. The van der Waals surface area contributed by atoms with Gasteiger partial charge in [0, 0.05) is 51.2 Å². The number of nitrogens with zero attached hydrogens (tertiary/aromatic N) is 3. The van der Waals surface area contributed by atoms with Gasteiger partial charge in [-0.3, -0.25) is 14.4 Å². The monoisotopic (exact) mass is 368 g/mol. The highest BCUT2D eigenvalue weighted by Gasteiger charge is 2.23. The lowest BCUT2D eigenvalue weighted by Crippen LogP contribution is -2.31. The molecule has 1 aliphatic rings. The van der Waals surface area contributed by atoms with E-state index in [1.807, 2.05) is 18.2 Å². The fraction of sp³-hybridized carbons (Fsp3) is 0.400. The second-order valence-corrected chi connectivity index (χ2v) is 6.87. The average Bonchev–Trinajstić information content (AvgIpc) is 3.16. The molecule has 0 bridgehead atoms. The van der Waals surface area contributed by atoms with Crippen LogP contribution in [0.5, 0.6) is 0 Å². The Labute approximate surface area is 158 Å². The van der Waals surface area contributed by atoms with E-state index in [9.17, 15) is 14.4 Å². The first-order valence-electron chi connectivity index (χ1n) is 9.16. The summed E-state index contributed by atoms with van der Waals surface area (Å²) in [5.74, 6) is 0.201. The van der Waals surface area contributed by atoms with Crippen LogP contribution in [0.15, 0.2) is 47.4 Å². The first-order valence-corrected chi connectivity index (χ1v) is 9.16. The van der Waals surface area contributed by atoms with Crippen LogP contribution in [-0.4, -0.2) is 41.1 Å². The van der Waals surface area contributed by atoms with E-state index >= 15 is 0 Å². The molecule has 0 radical (unpaired) electrons. The maximum atomic E-state index is 12.0. The van der Waals surface area contributed by atoms with Crippen LogP contribution in [0.25, 0.3) is 0 Å². The molecule has 2 aromatic rings. The molecule has 1 amide bonds. The number of anilines is 1. The summed E-state index contributed by atoms with van der Waals surface area (Å²) in [6.45, 7) is 2.19. The van der Waals surface area contributed by atoms with Crippen LogP contribution in [0.2, 0.25) is 0 Å². The van der Waals surface area contributed by atoms with E-state index in [2.05, 4.69) is 15.3 Å². The second-order valence-electron chi connectivity index (χ2n) is 6.87. The Hall–Kier alpha value is -2.96. The van der Waals surface area contributed by atoms with Gasteiger partial charge in [0.25, 0.3) is 5.56 Å². The molecule has 7 nitrogen and oxygen atoms in total. The van der Waals surface area contributed by atoms with Crippen molar-refractivity contribution in [2.24, 2.45) is 13.0 Å². The Kier molecular flexibility index (Phi) is 6.01. The van der Waals surface area contributed by atoms with E-state index in [1.165, 1.54) is 4.68 Å². The Morgan fingerprint density at radius 2 is 2.00 bits per heavy atom. The van der Waals surface area contributed by atoms with E-state index in [0.717, 1.165) is 25.2 Å². The van der Waals surface area contributed by atoms with Crippen LogP contribution >= 0.6 is 0 Å². The minimum atomic E-state index is -0.132. The first-order chi connectivity index (χ1) is 13.0. The van der Waals surface area contributed by atoms with Crippen molar-refractivity contribution in [3.63, 3.8) is 0 Å². The molecule has 1 aromatic heterocycles. The number of nitrogens with one attached hydrogen (secondary N) is 1. The minimum absolute atomic E-state index is 0.0176. The van der Waals surface area contributed by atoms with Gasteiger partial charge in [-0.2, -0.15) is 5.10 Å². The van der Waals surface area contributed by atoms with Crippen LogP contribution in [0.1, 0.15) is 29.6 Å². The third-order valence-electron chi connectivity index (χ3n) is 4.87. The molecule has 7 heteroatoms. The standard InChI is InChI=1S/C20H24N4O3/c1-23-20(27)11-17(13-22-23)24-10-9-15(14-24)12-21-19(26)8-7-18(25)16-5-3-2-4-6-16/h2-6,11,13,15H,7-10,12,14H2,1H3,(H,21,26)/t15-/m1/s1. The zero-order chi connectivity index (χ0) is 19.2. The van der Waals surface area contributed by atoms with E-state index < -0.39 is 0 Å². The van der Waals surface area contributed by atoms with E-state index in [4.69, 9.17) is 0 Å². The first kappa shape index (κ1) is 18.8. The fourth-order valence-electron chi connectivity index (χ4n) is 3.21. The number of amides is 1. The molecule has 1 N–H and O–H groups in total. The molecule has 1 fully saturated rings. The number of benzene rings is 1. The number of ketones is 1. The quantitative estimate of drug-likeness (QED) is 0.747. The highest BCUT2D eigenvalue weighted by Crippen LogP contribution is 2.21. The molecule has 1 aliphatic heterocycles. The molecule has 0 spiro atoms. The van der Waals surface area contributed by atoms with Crippen LogP contribution < -0.4 is 15.8 Å². The van der Waals surface area contributed by atoms with E-state index in [1.54, 1.807) is 31.4 Å². The van der Waals surface area contributed by atoms with Gasteiger partial charge in [0.15, 0.2) is 5.78 Å². The Balaban J connectivity index is 1.41. The summed E-state index contributed by atoms with van der Waals surface area (Å²) in [5.41, 5.74) is 1.33. The smallest absolute Gasteiger partial charge is 0.268 e. The second kappa shape index (κ2) is 8.62. The summed E-state index contributed by atoms with van der Waals surface area (Å²) in [4.78, 5) is 37.9. The van der Waals surface area contributed by atoms with Gasteiger partial charge >= 0.3 is 0 Å². The van der Waals surface area contributed by atoms with Crippen molar-refractivity contribution in [3.05, 3.63) is 58.5 Å². The van der Waals surface area contributed by atoms with Gasteiger partial charge in [-0.1, -0.05) is 30.3 Å². The molecule has 0 unspecified atom stereocenters. The lowest BCUT2D eigenvalue weighted by atomic mass is 10.1. The van der Waals surface area contributed by atoms with Gasteiger partial charge < -0.3 is 10.2 Å². The molecule has 27 heavy (non-hydrogen) atoms. The van der Waals surface area contributed by atoms with Crippen molar-refractivity contribution in [1.29, 1.82) is 0 Å². The summed E-state index contributed by atoms with van der Waals surface area (Å²) in [6, 6.07) is 10.6. The maximum absolute atomic E-state index is 12.0. The molecule has 1 aromatic carbocycles. The largest absolute Gasteiger partial charge is 0.370 e. The van der Waals surface area contributed by atoms with Crippen LogP contribution in [0.3, 0.4) is 0 Å². The van der Waals surface area contributed by atoms with Gasteiger partial charge in [-0.05, 0) is 12.3 Å². The maximum Gasteiger partial charge on any atom is 0.268 e. The van der Waals surface area contributed by atoms with Gasteiger partial charge in [0.2, 0.25) is 5.91 Å². The number of hydrogen-bond acceptors (Lipinski definition) is 5. The van der Waals surface area contributed by atoms with Crippen molar-refractivity contribution in [1.82, 2.24) is 15.1 Å². The summed E-state index contributed by atoms with van der Waals surface area (Å²) < 4.78 is 1.30. The predicted molar refractivity (Wildman–Crippen MR) is 103 cm³/mol. The highest BCUT2D eigenvalue weighted by molar-refractivity contribution is 5.97. The van der Waals surface area contributed by atoms with Gasteiger partial charge in [-0.15, -0.1) is 0 Å². The minimum Gasteiger partial charge on any atom is -0.370 e. The van der Waals surface area contributed by atoms with E-state index in [-0.39, 0.29) is 30.1 Å². The Morgan fingerprint density at radius 1 is 1.22 bits per heavy atom. The van der Waals surface area contributed by atoms with Gasteiger partial charge in [0.05, 0.1) is 11.9 Å². The molecule has 0 aliphatic carbocycles. The zero-order valence-electron chi connectivity index (χ0n) is 15.4. The number of carbonyl (C=O) groups excluding carboxylic acids is 2. The zero-order valence-corrected chi connectivity index (χ0v) is 15.4. The summed E-state index contributed by atoms with van der Waals surface area (Å²) in [7, 11) is 1.62. The normalized spacial score (nSPS) is 16.3. The molecule has 142 valence electrons.